The van der Waals surface area contributed by atoms with Crippen molar-refractivity contribution in [3.05, 3.63) is 60.4 Å². The van der Waals surface area contributed by atoms with Crippen LogP contribution < -0.4 is 4.90 Å². The van der Waals surface area contributed by atoms with Crippen LogP contribution in [0.3, 0.4) is 0 Å². The zero-order valence-corrected chi connectivity index (χ0v) is 13.1. The Kier molecular flexibility index (Phi) is 3.19. The summed E-state index contributed by atoms with van der Waals surface area (Å²) in [6, 6.07) is 18.5. The second kappa shape index (κ2) is 5.35. The van der Waals surface area contributed by atoms with Crippen molar-refractivity contribution in [2.24, 2.45) is 0 Å². The molecule has 2 aromatic carbocycles. The van der Waals surface area contributed by atoms with E-state index < -0.39 is 0 Å². The number of aryl methyl sites for hydroxylation is 1. The van der Waals surface area contributed by atoms with E-state index in [1.54, 1.807) is 0 Å². The summed E-state index contributed by atoms with van der Waals surface area (Å²) in [4.78, 5) is 6.85. The Bertz CT molecular complexity index is 975. The first kappa shape index (κ1) is 13.7. The highest BCUT2D eigenvalue weighted by Gasteiger charge is 2.16. The van der Waals surface area contributed by atoms with Crippen molar-refractivity contribution < 1.29 is 0 Å². The van der Waals surface area contributed by atoms with E-state index in [-0.39, 0.29) is 0 Å². The number of anilines is 2. The summed E-state index contributed by atoms with van der Waals surface area (Å²) in [7, 11) is 2.03. The fraction of sp³-hybridized carbons (Fsp3) is 0.167. The lowest BCUT2D eigenvalue weighted by atomic mass is 10.2. The molecule has 4 rings (SSSR count). The predicted octanol–water partition coefficient (Wildman–Crippen LogP) is 3.61. The summed E-state index contributed by atoms with van der Waals surface area (Å²) in [5, 5.41) is 9.60. The third-order valence-electron chi connectivity index (χ3n) is 4.08. The lowest BCUT2D eigenvalue weighted by Crippen LogP contribution is -2.13. The smallest absolute Gasteiger partial charge is 0.257 e. The summed E-state index contributed by atoms with van der Waals surface area (Å²) in [5.74, 6) is 2.45. The van der Waals surface area contributed by atoms with Crippen molar-refractivity contribution in [3.8, 4) is 0 Å². The molecule has 0 aliphatic heterocycles. The molecule has 0 atom stereocenters. The van der Waals surface area contributed by atoms with Gasteiger partial charge in [-0.25, -0.2) is 0 Å². The normalized spacial score (nSPS) is 11.2. The van der Waals surface area contributed by atoms with Gasteiger partial charge in [0.25, 0.3) is 5.78 Å². The van der Waals surface area contributed by atoms with Gasteiger partial charge in [0.05, 0.1) is 5.52 Å². The first-order valence-corrected chi connectivity index (χ1v) is 7.71. The molecule has 0 fully saturated rings. The molecule has 2 heterocycles. The average Bonchev–Trinajstić information content (AvgIpc) is 3.04. The number of para-hydroxylation sites is 2. The molecule has 0 radical (unpaired) electrons. The molecular formula is C18H17N5. The van der Waals surface area contributed by atoms with Crippen molar-refractivity contribution in [2.45, 2.75) is 13.3 Å². The fourth-order valence-electron chi connectivity index (χ4n) is 2.90. The van der Waals surface area contributed by atoms with Crippen LogP contribution in [0.25, 0.3) is 16.7 Å². The van der Waals surface area contributed by atoms with Crippen LogP contribution in [0.1, 0.15) is 12.7 Å². The van der Waals surface area contributed by atoms with Crippen LogP contribution in [0, 0.1) is 0 Å². The Hall–Kier alpha value is -2.95. The van der Waals surface area contributed by atoms with Crippen LogP contribution in [0.5, 0.6) is 0 Å². The van der Waals surface area contributed by atoms with E-state index >= 15 is 0 Å². The number of benzene rings is 2. The van der Waals surface area contributed by atoms with Gasteiger partial charge in [-0.05, 0) is 24.3 Å². The van der Waals surface area contributed by atoms with Crippen molar-refractivity contribution in [1.82, 2.24) is 19.6 Å². The first-order chi connectivity index (χ1) is 11.3. The van der Waals surface area contributed by atoms with Gasteiger partial charge in [-0.3, -0.25) is 4.40 Å². The quantitative estimate of drug-likeness (QED) is 0.580. The van der Waals surface area contributed by atoms with Gasteiger partial charge >= 0.3 is 0 Å². The molecule has 0 unspecified atom stereocenters. The van der Waals surface area contributed by atoms with E-state index in [4.69, 9.17) is 4.98 Å². The fourth-order valence-corrected chi connectivity index (χ4v) is 2.90. The minimum Gasteiger partial charge on any atom is -0.329 e. The second-order valence-electron chi connectivity index (χ2n) is 5.45. The van der Waals surface area contributed by atoms with Crippen molar-refractivity contribution in [2.75, 3.05) is 11.9 Å². The molecule has 4 aromatic rings. The molecular weight excluding hydrogens is 286 g/mol. The van der Waals surface area contributed by atoms with E-state index in [0.29, 0.717) is 5.78 Å². The zero-order valence-electron chi connectivity index (χ0n) is 13.1. The van der Waals surface area contributed by atoms with Gasteiger partial charge in [-0.1, -0.05) is 37.3 Å². The molecule has 0 amide bonds. The Balaban J connectivity index is 2.03. The molecule has 0 bridgehead atoms. The van der Waals surface area contributed by atoms with Gasteiger partial charge in [-0.15, -0.1) is 10.2 Å². The molecule has 0 N–H and O–H groups in total. The van der Waals surface area contributed by atoms with E-state index in [0.717, 1.165) is 34.7 Å². The third kappa shape index (κ3) is 2.12. The number of aromatic nitrogens is 4. The highest BCUT2D eigenvalue weighted by atomic mass is 15.3. The van der Waals surface area contributed by atoms with Gasteiger partial charge in [-0.2, -0.15) is 4.98 Å². The zero-order chi connectivity index (χ0) is 15.8. The number of nitrogens with zero attached hydrogens (tertiary/aromatic N) is 5. The Morgan fingerprint density at radius 3 is 2.48 bits per heavy atom. The van der Waals surface area contributed by atoms with E-state index in [2.05, 4.69) is 46.3 Å². The van der Waals surface area contributed by atoms with Crippen LogP contribution in [-0.2, 0) is 6.42 Å². The lowest BCUT2D eigenvalue weighted by molar-refractivity contribution is 0.921. The standard InChI is InChI=1S/C18H17N5/c1-3-16-20-21-18-19-17(22(2)13-9-5-4-6-10-13)14-11-7-8-12-15(14)23(16)18/h4-12H,3H2,1-2H3. The summed E-state index contributed by atoms with van der Waals surface area (Å²) in [6.45, 7) is 2.08. The van der Waals surface area contributed by atoms with E-state index in [1.807, 2.05) is 41.8 Å². The van der Waals surface area contributed by atoms with Crippen molar-refractivity contribution >= 4 is 28.2 Å². The maximum absolute atomic E-state index is 4.76. The van der Waals surface area contributed by atoms with Crippen molar-refractivity contribution in [3.63, 3.8) is 0 Å². The highest BCUT2D eigenvalue weighted by molar-refractivity contribution is 5.93. The largest absolute Gasteiger partial charge is 0.329 e. The van der Waals surface area contributed by atoms with Gasteiger partial charge in [0, 0.05) is 24.5 Å². The number of hydrogen-bond acceptors (Lipinski definition) is 4. The minimum absolute atomic E-state index is 0.637. The van der Waals surface area contributed by atoms with Crippen molar-refractivity contribution in [1.29, 1.82) is 0 Å². The van der Waals surface area contributed by atoms with E-state index in [9.17, 15) is 0 Å². The molecule has 2 aromatic heterocycles. The van der Waals surface area contributed by atoms with Crippen LogP contribution in [0.4, 0.5) is 11.5 Å². The Morgan fingerprint density at radius 2 is 1.70 bits per heavy atom. The molecule has 114 valence electrons. The predicted molar refractivity (Wildman–Crippen MR) is 92.2 cm³/mol. The number of fused-ring (bicyclic) bond motifs is 3. The van der Waals surface area contributed by atoms with Gasteiger partial charge in [0.2, 0.25) is 0 Å². The maximum atomic E-state index is 4.76. The summed E-state index contributed by atoms with van der Waals surface area (Å²) in [5.41, 5.74) is 2.17. The van der Waals surface area contributed by atoms with Crippen LogP contribution in [0.2, 0.25) is 0 Å². The summed E-state index contributed by atoms with van der Waals surface area (Å²) >= 11 is 0. The molecule has 0 aliphatic rings. The molecule has 5 heteroatoms. The topological polar surface area (TPSA) is 46.3 Å². The average molecular weight is 303 g/mol. The summed E-state index contributed by atoms with van der Waals surface area (Å²) in [6.07, 6.45) is 0.820. The molecule has 5 nitrogen and oxygen atoms in total. The third-order valence-corrected chi connectivity index (χ3v) is 4.08. The van der Waals surface area contributed by atoms with Crippen LogP contribution in [0.15, 0.2) is 54.6 Å². The molecule has 23 heavy (non-hydrogen) atoms. The lowest BCUT2D eigenvalue weighted by Gasteiger charge is -2.20. The number of rotatable bonds is 3. The SMILES string of the molecule is CCc1nnc2nc(N(C)c3ccccc3)c3ccccc3n12. The van der Waals surface area contributed by atoms with Gasteiger partial charge < -0.3 is 4.90 Å². The Labute approximate surface area is 134 Å². The molecule has 0 spiro atoms. The monoisotopic (exact) mass is 303 g/mol. The van der Waals surface area contributed by atoms with Crippen LogP contribution >= 0.6 is 0 Å². The minimum atomic E-state index is 0.637. The van der Waals surface area contributed by atoms with Crippen LogP contribution in [-0.4, -0.2) is 26.6 Å². The van der Waals surface area contributed by atoms with Gasteiger partial charge in [0.15, 0.2) is 0 Å². The van der Waals surface area contributed by atoms with Gasteiger partial charge in [0.1, 0.15) is 11.6 Å². The first-order valence-electron chi connectivity index (χ1n) is 7.71. The molecule has 0 saturated heterocycles. The Morgan fingerprint density at radius 1 is 0.957 bits per heavy atom. The summed E-state index contributed by atoms with van der Waals surface area (Å²) < 4.78 is 2.04. The number of hydrogen-bond donors (Lipinski definition) is 0. The highest BCUT2D eigenvalue weighted by Crippen LogP contribution is 2.30. The molecule has 0 saturated carbocycles. The second-order valence-corrected chi connectivity index (χ2v) is 5.45. The maximum Gasteiger partial charge on any atom is 0.257 e. The molecule has 0 aliphatic carbocycles. The van der Waals surface area contributed by atoms with E-state index in [1.165, 1.54) is 0 Å².